The van der Waals surface area contributed by atoms with Gasteiger partial charge in [-0.3, -0.25) is 4.79 Å². The molecule has 126 valence electrons. The summed E-state index contributed by atoms with van der Waals surface area (Å²) in [6, 6.07) is 5.09. The van der Waals surface area contributed by atoms with Gasteiger partial charge in [0.2, 0.25) is 0 Å². The van der Waals surface area contributed by atoms with Crippen molar-refractivity contribution in [3.8, 4) is 0 Å². The summed E-state index contributed by atoms with van der Waals surface area (Å²) in [6.45, 7) is 3.69. The van der Waals surface area contributed by atoms with Gasteiger partial charge in [-0.15, -0.1) is 11.3 Å². The van der Waals surface area contributed by atoms with Crippen molar-refractivity contribution in [2.45, 2.75) is 44.7 Å². The first-order valence-corrected chi connectivity index (χ1v) is 9.49. The topological polar surface area (TPSA) is 49.3 Å². The molecule has 6 heteroatoms. The molecule has 0 N–H and O–H groups in total. The Balaban J connectivity index is 1.42. The number of nitrogens with zero attached hydrogens (tertiary/aromatic N) is 4. The van der Waals surface area contributed by atoms with Crippen LogP contribution >= 0.6 is 11.3 Å². The number of hydrogen-bond acceptors (Lipinski definition) is 5. The monoisotopic (exact) mass is 342 g/mol. The average molecular weight is 342 g/mol. The largest absolute Gasteiger partial charge is 0.350 e. The Morgan fingerprint density at radius 2 is 2.00 bits per heavy atom. The van der Waals surface area contributed by atoms with E-state index in [1.54, 1.807) is 17.7 Å². The van der Waals surface area contributed by atoms with Gasteiger partial charge in [-0.2, -0.15) is 0 Å². The summed E-state index contributed by atoms with van der Waals surface area (Å²) in [6.07, 6.45) is 7.96. The highest BCUT2D eigenvalue weighted by Gasteiger charge is 2.37. The van der Waals surface area contributed by atoms with Crippen molar-refractivity contribution in [3.63, 3.8) is 0 Å². The van der Waals surface area contributed by atoms with Gasteiger partial charge >= 0.3 is 0 Å². The molecule has 1 aliphatic carbocycles. The molecule has 1 amide bonds. The predicted molar refractivity (Wildman–Crippen MR) is 95.5 cm³/mol. The summed E-state index contributed by atoms with van der Waals surface area (Å²) >= 11 is 1.55. The Kier molecular flexibility index (Phi) is 4.22. The second kappa shape index (κ2) is 6.51. The first kappa shape index (κ1) is 15.6. The number of piperidine rings is 1. The van der Waals surface area contributed by atoms with Crippen LogP contribution in [0.3, 0.4) is 0 Å². The SMILES string of the molecule is Cc1csc(C(=O)N2CCC(N(c3ccncn3)C3CC3)CC2)c1. The van der Waals surface area contributed by atoms with Gasteiger partial charge in [-0.05, 0) is 55.7 Å². The van der Waals surface area contributed by atoms with E-state index in [9.17, 15) is 4.79 Å². The molecule has 24 heavy (non-hydrogen) atoms. The summed E-state index contributed by atoms with van der Waals surface area (Å²) < 4.78 is 0. The van der Waals surface area contributed by atoms with E-state index in [2.05, 4.69) is 14.9 Å². The third-order valence-corrected chi connectivity index (χ3v) is 5.89. The number of rotatable bonds is 4. The molecule has 2 fully saturated rings. The van der Waals surface area contributed by atoms with E-state index in [0.29, 0.717) is 12.1 Å². The Morgan fingerprint density at radius 3 is 2.58 bits per heavy atom. The van der Waals surface area contributed by atoms with Crippen LogP contribution in [0.1, 0.15) is 40.9 Å². The minimum Gasteiger partial charge on any atom is -0.350 e. The molecule has 2 aromatic heterocycles. The number of likely N-dealkylation sites (tertiary alicyclic amines) is 1. The Morgan fingerprint density at radius 1 is 1.25 bits per heavy atom. The standard InChI is InChI=1S/C18H22N4OS/c1-13-10-16(24-11-13)18(23)21-8-5-15(6-9-21)22(14-2-3-14)17-4-7-19-12-20-17/h4,7,10-12,14-15H,2-3,5-6,8-9H2,1H3. The fourth-order valence-electron chi connectivity index (χ4n) is 3.51. The summed E-state index contributed by atoms with van der Waals surface area (Å²) in [4.78, 5) is 26.4. The van der Waals surface area contributed by atoms with E-state index in [1.807, 2.05) is 35.5 Å². The van der Waals surface area contributed by atoms with Gasteiger partial charge in [0.15, 0.2) is 0 Å². The lowest BCUT2D eigenvalue weighted by Gasteiger charge is -2.39. The Bertz CT molecular complexity index is 705. The molecule has 2 aromatic rings. The molecule has 0 radical (unpaired) electrons. The number of aryl methyl sites for hydroxylation is 1. The van der Waals surface area contributed by atoms with E-state index in [0.717, 1.165) is 36.6 Å². The summed E-state index contributed by atoms with van der Waals surface area (Å²) in [5.41, 5.74) is 1.17. The van der Waals surface area contributed by atoms with Crippen molar-refractivity contribution < 1.29 is 4.79 Å². The number of anilines is 1. The molecule has 1 aliphatic heterocycles. The molecule has 0 spiro atoms. The summed E-state index contributed by atoms with van der Waals surface area (Å²) in [5.74, 6) is 1.22. The van der Waals surface area contributed by atoms with Crippen LogP contribution in [0.2, 0.25) is 0 Å². The molecule has 4 rings (SSSR count). The Hall–Kier alpha value is -1.95. The minimum atomic E-state index is 0.187. The molecular weight excluding hydrogens is 320 g/mol. The highest BCUT2D eigenvalue weighted by molar-refractivity contribution is 7.12. The number of aromatic nitrogens is 2. The highest BCUT2D eigenvalue weighted by atomic mass is 32.1. The van der Waals surface area contributed by atoms with Gasteiger partial charge in [0.25, 0.3) is 5.91 Å². The van der Waals surface area contributed by atoms with Crippen LogP contribution in [0.25, 0.3) is 0 Å². The normalized spacial score (nSPS) is 18.6. The lowest BCUT2D eigenvalue weighted by atomic mass is 10.0. The van der Waals surface area contributed by atoms with Crippen molar-refractivity contribution in [1.82, 2.24) is 14.9 Å². The van der Waals surface area contributed by atoms with E-state index >= 15 is 0 Å². The molecule has 0 aromatic carbocycles. The van der Waals surface area contributed by atoms with Gasteiger partial charge < -0.3 is 9.80 Å². The first-order chi connectivity index (χ1) is 11.7. The lowest BCUT2D eigenvalue weighted by molar-refractivity contribution is 0.0716. The number of carbonyl (C=O) groups is 1. The van der Waals surface area contributed by atoms with Crippen LogP contribution in [0.15, 0.2) is 30.0 Å². The second-order valence-corrected chi connectivity index (χ2v) is 7.63. The van der Waals surface area contributed by atoms with Crippen molar-refractivity contribution in [3.05, 3.63) is 40.5 Å². The quantitative estimate of drug-likeness (QED) is 0.856. The zero-order chi connectivity index (χ0) is 16.5. The first-order valence-electron chi connectivity index (χ1n) is 8.61. The molecule has 0 unspecified atom stereocenters. The number of carbonyl (C=O) groups excluding carboxylic acids is 1. The van der Waals surface area contributed by atoms with Crippen molar-refractivity contribution >= 4 is 23.1 Å². The van der Waals surface area contributed by atoms with Crippen LogP contribution in [0.5, 0.6) is 0 Å². The molecule has 0 atom stereocenters. The van der Waals surface area contributed by atoms with Crippen molar-refractivity contribution in [2.75, 3.05) is 18.0 Å². The molecule has 0 bridgehead atoms. The maximum atomic E-state index is 12.6. The number of hydrogen-bond donors (Lipinski definition) is 0. The van der Waals surface area contributed by atoms with Crippen LogP contribution in [0.4, 0.5) is 5.82 Å². The zero-order valence-corrected chi connectivity index (χ0v) is 14.7. The van der Waals surface area contributed by atoms with Crippen LogP contribution < -0.4 is 4.90 Å². The van der Waals surface area contributed by atoms with E-state index in [-0.39, 0.29) is 5.91 Å². The van der Waals surface area contributed by atoms with E-state index < -0.39 is 0 Å². The van der Waals surface area contributed by atoms with Crippen LogP contribution in [-0.2, 0) is 0 Å². The Labute approximate surface area is 146 Å². The zero-order valence-electron chi connectivity index (χ0n) is 13.9. The maximum absolute atomic E-state index is 12.6. The lowest BCUT2D eigenvalue weighted by Crippen LogP contribution is -2.48. The summed E-state index contributed by atoms with van der Waals surface area (Å²) in [7, 11) is 0. The van der Waals surface area contributed by atoms with Gasteiger partial charge in [0.05, 0.1) is 4.88 Å². The van der Waals surface area contributed by atoms with Gasteiger partial charge in [0.1, 0.15) is 12.1 Å². The van der Waals surface area contributed by atoms with Crippen LogP contribution in [0, 0.1) is 6.92 Å². The molecule has 1 saturated heterocycles. The molecular formula is C18H22N4OS. The van der Waals surface area contributed by atoms with Crippen molar-refractivity contribution in [1.29, 1.82) is 0 Å². The minimum absolute atomic E-state index is 0.187. The van der Waals surface area contributed by atoms with Gasteiger partial charge in [-0.25, -0.2) is 9.97 Å². The van der Waals surface area contributed by atoms with E-state index in [1.165, 1.54) is 18.4 Å². The second-order valence-electron chi connectivity index (χ2n) is 6.72. The predicted octanol–water partition coefficient (Wildman–Crippen LogP) is 3.12. The molecule has 2 aliphatic rings. The maximum Gasteiger partial charge on any atom is 0.263 e. The average Bonchev–Trinajstić information content (AvgIpc) is 3.36. The van der Waals surface area contributed by atoms with E-state index in [4.69, 9.17) is 0 Å². The molecule has 5 nitrogen and oxygen atoms in total. The van der Waals surface area contributed by atoms with Crippen LogP contribution in [-0.4, -0.2) is 45.9 Å². The highest BCUT2D eigenvalue weighted by Crippen LogP contribution is 2.35. The van der Waals surface area contributed by atoms with Gasteiger partial charge in [0, 0.05) is 31.4 Å². The van der Waals surface area contributed by atoms with Crippen molar-refractivity contribution in [2.24, 2.45) is 0 Å². The number of amides is 1. The smallest absolute Gasteiger partial charge is 0.263 e. The van der Waals surface area contributed by atoms with Gasteiger partial charge in [-0.1, -0.05) is 0 Å². The molecule has 1 saturated carbocycles. The number of thiophene rings is 1. The summed E-state index contributed by atoms with van der Waals surface area (Å²) in [5, 5.41) is 2.05. The molecule has 3 heterocycles. The third-order valence-electron chi connectivity index (χ3n) is 4.86. The third kappa shape index (κ3) is 3.15. The fraction of sp³-hybridized carbons (Fsp3) is 0.500. The fourth-order valence-corrected chi connectivity index (χ4v) is 4.37.